The Labute approximate surface area is 193 Å². The molecule has 2 aromatic rings. The number of hydrogen-bond donors (Lipinski definition) is 2. The van der Waals surface area contributed by atoms with E-state index in [0.29, 0.717) is 30.2 Å². The molecule has 0 unspecified atom stereocenters. The summed E-state index contributed by atoms with van der Waals surface area (Å²) in [4.78, 5) is 30.3. The minimum atomic E-state index is -0.0749. The summed E-state index contributed by atoms with van der Waals surface area (Å²) in [6, 6.07) is 12.2. The van der Waals surface area contributed by atoms with E-state index in [9.17, 15) is 14.9 Å². The molecule has 1 aromatic heterocycles. The van der Waals surface area contributed by atoms with E-state index >= 15 is 0 Å². The van der Waals surface area contributed by atoms with Crippen LogP contribution in [0.25, 0.3) is 0 Å². The smallest absolute Gasteiger partial charge is 0.239 e. The van der Waals surface area contributed by atoms with Crippen LogP contribution in [0.15, 0.2) is 30.3 Å². The molecule has 2 aliphatic rings. The van der Waals surface area contributed by atoms with Crippen LogP contribution in [0.3, 0.4) is 0 Å². The molecule has 1 aliphatic heterocycles. The summed E-state index contributed by atoms with van der Waals surface area (Å²) in [5.74, 6) is -0.0557. The monoisotopic (exact) mass is 451 g/mol. The Morgan fingerprint density at radius 1 is 0.969 bits per heavy atom. The molecule has 168 valence electrons. The molecule has 2 amide bonds. The number of nitrogens with one attached hydrogen (secondary N) is 2. The molecular weight excluding hydrogens is 422 g/mol. The van der Waals surface area contributed by atoms with Gasteiger partial charge in [-0.25, -0.2) is 0 Å². The highest BCUT2D eigenvalue weighted by molar-refractivity contribution is 7.16. The van der Waals surface area contributed by atoms with Crippen molar-refractivity contribution in [1.82, 2.24) is 15.1 Å². The third-order valence-electron chi connectivity index (χ3n) is 6.07. The number of piperazine rings is 1. The van der Waals surface area contributed by atoms with Gasteiger partial charge in [-0.05, 0) is 36.8 Å². The van der Waals surface area contributed by atoms with E-state index in [2.05, 4.69) is 26.5 Å². The van der Waals surface area contributed by atoms with Crippen molar-refractivity contribution in [3.63, 3.8) is 0 Å². The first kappa shape index (κ1) is 22.5. The Hall–Kier alpha value is -2.73. The maximum Gasteiger partial charge on any atom is 0.239 e. The second-order valence-corrected chi connectivity index (χ2v) is 9.49. The molecule has 1 saturated heterocycles. The van der Waals surface area contributed by atoms with Crippen LogP contribution >= 0.6 is 11.3 Å². The van der Waals surface area contributed by atoms with E-state index in [1.807, 2.05) is 30.3 Å². The average Bonchev–Trinajstić information content (AvgIpc) is 3.16. The summed E-state index contributed by atoms with van der Waals surface area (Å²) in [5, 5.41) is 16.2. The first-order valence-electron chi connectivity index (χ1n) is 11.2. The van der Waals surface area contributed by atoms with Gasteiger partial charge in [-0.2, -0.15) is 5.26 Å². The van der Waals surface area contributed by atoms with Crippen LogP contribution in [0.1, 0.15) is 34.4 Å². The highest BCUT2D eigenvalue weighted by Crippen LogP contribution is 2.37. The number of anilines is 1. The maximum atomic E-state index is 12.6. The molecule has 4 rings (SSSR count). The van der Waals surface area contributed by atoms with Crippen molar-refractivity contribution in [1.29, 1.82) is 5.26 Å². The minimum absolute atomic E-state index is 0.0192. The summed E-state index contributed by atoms with van der Waals surface area (Å²) < 4.78 is 0. The lowest BCUT2D eigenvalue weighted by molar-refractivity contribution is -0.123. The molecule has 1 aromatic carbocycles. The Morgan fingerprint density at radius 3 is 2.31 bits per heavy atom. The highest BCUT2D eigenvalue weighted by Gasteiger charge is 2.24. The largest absolute Gasteiger partial charge is 0.351 e. The number of rotatable bonds is 7. The van der Waals surface area contributed by atoms with Crippen molar-refractivity contribution in [3.05, 3.63) is 51.9 Å². The number of nitrogens with zero attached hydrogens (tertiary/aromatic N) is 3. The predicted molar refractivity (Wildman–Crippen MR) is 125 cm³/mol. The van der Waals surface area contributed by atoms with Gasteiger partial charge >= 0.3 is 0 Å². The van der Waals surface area contributed by atoms with Gasteiger partial charge in [0.15, 0.2) is 0 Å². The summed E-state index contributed by atoms with van der Waals surface area (Å²) >= 11 is 1.56. The molecule has 0 spiro atoms. The van der Waals surface area contributed by atoms with Gasteiger partial charge in [-0.15, -0.1) is 11.3 Å². The molecule has 0 bridgehead atoms. The first-order chi connectivity index (χ1) is 15.6. The van der Waals surface area contributed by atoms with Crippen LogP contribution in [-0.2, 0) is 29.0 Å². The van der Waals surface area contributed by atoms with Crippen LogP contribution in [0.4, 0.5) is 5.00 Å². The molecule has 32 heavy (non-hydrogen) atoms. The molecule has 0 atom stereocenters. The van der Waals surface area contributed by atoms with E-state index in [4.69, 9.17) is 0 Å². The minimum Gasteiger partial charge on any atom is -0.351 e. The topological polar surface area (TPSA) is 88.5 Å². The number of amides is 2. The number of aryl methyl sites for hydroxylation is 1. The normalized spacial score (nSPS) is 16.7. The number of nitriles is 1. The fourth-order valence-corrected chi connectivity index (χ4v) is 5.56. The van der Waals surface area contributed by atoms with Crippen molar-refractivity contribution in [2.75, 3.05) is 44.6 Å². The molecule has 8 heteroatoms. The standard InChI is InChI=1S/C24H29N5O2S/c25-14-20-19-8-4-5-9-21(19)32-24(20)27-23(31)17-29-12-10-28(11-13-29)16-22(30)26-15-18-6-2-1-3-7-18/h1-3,6-7H,4-5,8-13,15-17H2,(H,26,30)(H,27,31). The van der Waals surface area contributed by atoms with Crippen LogP contribution in [0.2, 0.25) is 0 Å². The lowest BCUT2D eigenvalue weighted by Gasteiger charge is -2.33. The first-order valence-corrected chi connectivity index (χ1v) is 12.0. The predicted octanol–water partition coefficient (Wildman–Crippen LogP) is 2.37. The number of benzene rings is 1. The number of carbonyl (C=O) groups is 2. The molecule has 0 saturated carbocycles. The van der Waals surface area contributed by atoms with Crippen molar-refractivity contribution in [3.8, 4) is 6.07 Å². The second-order valence-electron chi connectivity index (χ2n) is 8.39. The molecule has 0 radical (unpaired) electrons. The molecule has 2 heterocycles. The van der Waals surface area contributed by atoms with E-state index in [1.165, 1.54) is 4.88 Å². The summed E-state index contributed by atoms with van der Waals surface area (Å²) in [6.45, 7) is 4.21. The average molecular weight is 452 g/mol. The SMILES string of the molecule is N#Cc1c(NC(=O)CN2CCN(CC(=O)NCc3ccccc3)CC2)sc2c1CCCC2. The van der Waals surface area contributed by atoms with E-state index in [1.54, 1.807) is 11.3 Å². The van der Waals surface area contributed by atoms with Gasteiger partial charge in [-0.1, -0.05) is 30.3 Å². The lowest BCUT2D eigenvalue weighted by Crippen LogP contribution is -2.50. The lowest BCUT2D eigenvalue weighted by atomic mass is 9.96. The Morgan fingerprint density at radius 2 is 1.62 bits per heavy atom. The van der Waals surface area contributed by atoms with Crippen molar-refractivity contribution < 1.29 is 9.59 Å². The molecule has 2 N–H and O–H groups in total. The number of fused-ring (bicyclic) bond motifs is 1. The molecule has 1 aliphatic carbocycles. The number of carbonyl (C=O) groups excluding carboxylic acids is 2. The van der Waals surface area contributed by atoms with Gasteiger partial charge < -0.3 is 10.6 Å². The zero-order valence-corrected chi connectivity index (χ0v) is 19.0. The van der Waals surface area contributed by atoms with Crippen molar-refractivity contribution >= 4 is 28.2 Å². The number of hydrogen-bond acceptors (Lipinski definition) is 6. The highest BCUT2D eigenvalue weighted by atomic mass is 32.1. The van der Waals surface area contributed by atoms with Gasteiger partial charge in [0.25, 0.3) is 0 Å². The van der Waals surface area contributed by atoms with E-state index in [-0.39, 0.29) is 11.8 Å². The van der Waals surface area contributed by atoms with Crippen molar-refractivity contribution in [2.45, 2.75) is 32.2 Å². The third-order valence-corrected chi connectivity index (χ3v) is 7.28. The fraction of sp³-hybridized carbons (Fsp3) is 0.458. The van der Waals surface area contributed by atoms with Crippen molar-refractivity contribution in [2.24, 2.45) is 0 Å². The van der Waals surface area contributed by atoms with Gasteiger partial charge in [0, 0.05) is 37.6 Å². The summed E-state index contributed by atoms with van der Waals surface area (Å²) in [5.41, 5.74) is 2.88. The van der Waals surface area contributed by atoms with Crippen LogP contribution in [0, 0.1) is 11.3 Å². The zero-order chi connectivity index (χ0) is 22.3. The maximum absolute atomic E-state index is 12.6. The Balaban J connectivity index is 1.20. The molecule has 1 fully saturated rings. The zero-order valence-electron chi connectivity index (χ0n) is 18.2. The van der Waals surface area contributed by atoms with E-state index in [0.717, 1.165) is 63.0 Å². The Kier molecular flexibility index (Phi) is 7.53. The van der Waals surface area contributed by atoms with Gasteiger partial charge in [0.05, 0.1) is 18.7 Å². The van der Waals surface area contributed by atoms with Gasteiger partial charge in [-0.3, -0.25) is 19.4 Å². The van der Waals surface area contributed by atoms with Crippen LogP contribution < -0.4 is 10.6 Å². The third kappa shape index (κ3) is 5.74. The summed E-state index contributed by atoms with van der Waals surface area (Å²) in [6.07, 6.45) is 4.21. The van der Waals surface area contributed by atoms with Crippen LogP contribution in [0.5, 0.6) is 0 Å². The molecular formula is C24H29N5O2S. The summed E-state index contributed by atoms with van der Waals surface area (Å²) in [7, 11) is 0. The fourth-order valence-electron chi connectivity index (χ4n) is 4.30. The van der Waals surface area contributed by atoms with Gasteiger partial charge in [0.2, 0.25) is 11.8 Å². The number of thiophene rings is 1. The second kappa shape index (κ2) is 10.7. The quantitative estimate of drug-likeness (QED) is 0.675. The Bertz CT molecular complexity index is 990. The van der Waals surface area contributed by atoms with Crippen LogP contribution in [-0.4, -0.2) is 60.9 Å². The molecule has 7 nitrogen and oxygen atoms in total. The van der Waals surface area contributed by atoms with Gasteiger partial charge in [0.1, 0.15) is 11.1 Å². The van der Waals surface area contributed by atoms with E-state index < -0.39 is 0 Å².